The Bertz CT molecular complexity index is 704. The molecule has 5 heteroatoms. The molecule has 28 heavy (non-hydrogen) atoms. The average Bonchev–Trinajstić information content (AvgIpc) is 2.64. The zero-order valence-corrected chi connectivity index (χ0v) is 18.0. The van der Waals surface area contributed by atoms with Crippen molar-refractivity contribution < 1.29 is 9.53 Å². The number of benzene rings is 1. The van der Waals surface area contributed by atoms with Crippen molar-refractivity contribution in [1.82, 2.24) is 10.2 Å². The molecule has 154 valence electrons. The lowest BCUT2D eigenvalue weighted by Crippen LogP contribution is -2.47. The van der Waals surface area contributed by atoms with E-state index >= 15 is 0 Å². The fourth-order valence-corrected chi connectivity index (χ4v) is 3.47. The maximum Gasteiger partial charge on any atom is 0.410 e. The molecule has 0 saturated carbocycles. The molecule has 1 fully saturated rings. The second-order valence-electron chi connectivity index (χ2n) is 8.27. The van der Waals surface area contributed by atoms with Crippen LogP contribution in [0.15, 0.2) is 35.5 Å². The number of ether oxygens (including phenoxy) is 1. The predicted octanol–water partition coefficient (Wildman–Crippen LogP) is 4.67. The van der Waals surface area contributed by atoms with E-state index < -0.39 is 5.60 Å². The molecule has 0 bridgehead atoms. The highest BCUT2D eigenvalue weighted by molar-refractivity contribution is 6.09. The number of likely N-dealkylation sites (tertiary alicyclic amines) is 1. The topological polar surface area (TPSA) is 53.9 Å². The first kappa shape index (κ1) is 22.0. The van der Waals surface area contributed by atoms with E-state index in [-0.39, 0.29) is 12.1 Å². The Morgan fingerprint density at radius 1 is 1.36 bits per heavy atom. The van der Waals surface area contributed by atoms with Crippen LogP contribution in [0.5, 0.6) is 0 Å². The van der Waals surface area contributed by atoms with E-state index in [4.69, 9.17) is 4.74 Å². The maximum atomic E-state index is 12.7. The Kier molecular flexibility index (Phi) is 8.09. The summed E-state index contributed by atoms with van der Waals surface area (Å²) in [5.41, 5.74) is 2.94. The summed E-state index contributed by atoms with van der Waals surface area (Å²) in [5.74, 6) is 0. The van der Waals surface area contributed by atoms with Crippen LogP contribution in [0.4, 0.5) is 4.79 Å². The van der Waals surface area contributed by atoms with Crippen molar-refractivity contribution in [3.8, 4) is 0 Å². The number of carbonyl (C=O) groups excluding carboxylic acids is 1. The smallest absolute Gasteiger partial charge is 0.410 e. The van der Waals surface area contributed by atoms with Crippen molar-refractivity contribution in [3.63, 3.8) is 0 Å². The Hall–Kier alpha value is -2.30. The summed E-state index contributed by atoms with van der Waals surface area (Å²) in [5, 5.41) is 3.25. The predicted molar refractivity (Wildman–Crippen MR) is 117 cm³/mol. The van der Waals surface area contributed by atoms with E-state index in [1.165, 1.54) is 5.56 Å². The number of aliphatic imine (C=N–C) groups is 1. The average molecular weight is 386 g/mol. The summed E-state index contributed by atoms with van der Waals surface area (Å²) in [6.45, 7) is 9.46. The largest absolute Gasteiger partial charge is 0.444 e. The van der Waals surface area contributed by atoms with Gasteiger partial charge in [0.15, 0.2) is 0 Å². The quantitative estimate of drug-likeness (QED) is 0.724. The molecule has 1 saturated heterocycles. The summed E-state index contributed by atoms with van der Waals surface area (Å²) in [7, 11) is 1.78. The Morgan fingerprint density at radius 2 is 2.14 bits per heavy atom. The van der Waals surface area contributed by atoms with E-state index in [2.05, 4.69) is 41.5 Å². The van der Waals surface area contributed by atoms with Crippen LogP contribution in [0.2, 0.25) is 0 Å². The number of carbonyl (C=O) groups is 1. The van der Waals surface area contributed by atoms with Crippen LogP contribution < -0.4 is 5.32 Å². The van der Waals surface area contributed by atoms with Gasteiger partial charge in [-0.3, -0.25) is 4.99 Å². The van der Waals surface area contributed by atoms with Crippen molar-refractivity contribution >= 4 is 17.9 Å². The molecular weight excluding hydrogens is 350 g/mol. The number of amides is 1. The number of rotatable bonds is 6. The monoisotopic (exact) mass is 385 g/mol. The van der Waals surface area contributed by atoms with E-state index in [1.807, 2.05) is 38.1 Å². The van der Waals surface area contributed by atoms with Crippen molar-refractivity contribution in [2.75, 3.05) is 20.1 Å². The van der Waals surface area contributed by atoms with Gasteiger partial charge in [-0.25, -0.2) is 4.79 Å². The Balaban J connectivity index is 2.17. The van der Waals surface area contributed by atoms with Crippen LogP contribution in [0.25, 0.3) is 5.57 Å². The van der Waals surface area contributed by atoms with Crippen LogP contribution >= 0.6 is 0 Å². The molecule has 0 spiro atoms. The number of nitrogens with one attached hydrogen (secondary N) is 1. The minimum absolute atomic E-state index is 0.180. The number of piperidine rings is 1. The second kappa shape index (κ2) is 10.3. The Labute approximate surface area is 169 Å². The fraction of sp³-hybridized carbons (Fsp3) is 0.565. The standard InChI is InChI=1S/C23H35N3O2/c1-6-25-17-20(16-24-5)19-11-9-10-18(14-19)15-21-12-7-8-13-26(21)22(27)28-23(2,3)4/h9-11,14,16-17,21,25H,6-8,12-13,15H2,1-5H3/b20-17+,24-16?/t21-/m0/s1. The molecule has 1 amide bonds. The van der Waals surface area contributed by atoms with Crippen molar-refractivity contribution in [2.24, 2.45) is 4.99 Å². The SMILES string of the molecule is CCN/C=C(\C=NC)c1cccc(C[C@@H]2CCCCN2C(=O)OC(C)(C)C)c1. The lowest BCUT2D eigenvalue weighted by molar-refractivity contribution is 0.00995. The second-order valence-corrected chi connectivity index (χ2v) is 8.27. The van der Waals surface area contributed by atoms with Crippen LogP contribution in [0.3, 0.4) is 0 Å². The molecule has 2 rings (SSSR count). The fourth-order valence-electron chi connectivity index (χ4n) is 3.47. The normalized spacial score (nSPS) is 18.4. The summed E-state index contributed by atoms with van der Waals surface area (Å²) in [4.78, 5) is 18.8. The number of nitrogens with zero attached hydrogens (tertiary/aromatic N) is 2. The third-order valence-corrected chi connectivity index (χ3v) is 4.72. The molecule has 1 N–H and O–H groups in total. The van der Waals surface area contributed by atoms with Gasteiger partial charge in [-0.15, -0.1) is 0 Å². The zero-order chi connectivity index (χ0) is 20.6. The first-order valence-electron chi connectivity index (χ1n) is 10.3. The number of hydrogen-bond acceptors (Lipinski definition) is 4. The number of allylic oxidation sites excluding steroid dienone is 1. The number of hydrogen-bond donors (Lipinski definition) is 1. The zero-order valence-electron chi connectivity index (χ0n) is 18.0. The van der Waals surface area contributed by atoms with E-state index in [9.17, 15) is 4.79 Å². The lowest BCUT2D eigenvalue weighted by atomic mass is 9.94. The van der Waals surface area contributed by atoms with Gasteiger partial charge in [0, 0.05) is 44.2 Å². The van der Waals surface area contributed by atoms with Gasteiger partial charge in [-0.2, -0.15) is 0 Å². The molecule has 0 radical (unpaired) electrons. The third-order valence-electron chi connectivity index (χ3n) is 4.72. The van der Waals surface area contributed by atoms with Crippen LogP contribution in [-0.2, 0) is 11.2 Å². The minimum Gasteiger partial charge on any atom is -0.444 e. The van der Waals surface area contributed by atoms with Gasteiger partial charge in [-0.1, -0.05) is 24.3 Å². The first-order chi connectivity index (χ1) is 13.3. The van der Waals surface area contributed by atoms with E-state index in [0.717, 1.165) is 49.9 Å². The van der Waals surface area contributed by atoms with Crippen LogP contribution in [0.1, 0.15) is 58.1 Å². The highest BCUT2D eigenvalue weighted by Crippen LogP contribution is 2.24. The van der Waals surface area contributed by atoms with Gasteiger partial charge in [0.1, 0.15) is 5.60 Å². The van der Waals surface area contributed by atoms with E-state index in [0.29, 0.717) is 0 Å². The molecule has 5 nitrogen and oxygen atoms in total. The van der Waals surface area contributed by atoms with Gasteiger partial charge in [0.2, 0.25) is 0 Å². The molecule has 1 aromatic rings. The summed E-state index contributed by atoms with van der Waals surface area (Å²) in [6.07, 6.45) is 7.72. The summed E-state index contributed by atoms with van der Waals surface area (Å²) >= 11 is 0. The highest BCUT2D eigenvalue weighted by atomic mass is 16.6. The van der Waals surface area contributed by atoms with Gasteiger partial charge in [-0.05, 0) is 64.5 Å². The molecule has 1 atom stereocenters. The van der Waals surface area contributed by atoms with Gasteiger partial charge in [0.25, 0.3) is 0 Å². The summed E-state index contributed by atoms with van der Waals surface area (Å²) < 4.78 is 5.64. The lowest BCUT2D eigenvalue weighted by Gasteiger charge is -2.37. The van der Waals surface area contributed by atoms with Crippen LogP contribution in [-0.4, -0.2) is 49.0 Å². The Morgan fingerprint density at radius 3 is 2.82 bits per heavy atom. The molecule has 0 aliphatic carbocycles. The van der Waals surface area contributed by atoms with Crippen LogP contribution in [0, 0.1) is 0 Å². The van der Waals surface area contributed by atoms with Gasteiger partial charge < -0.3 is 15.0 Å². The highest BCUT2D eigenvalue weighted by Gasteiger charge is 2.30. The van der Waals surface area contributed by atoms with Gasteiger partial charge in [0.05, 0.1) is 0 Å². The summed E-state index contributed by atoms with van der Waals surface area (Å²) in [6, 6.07) is 8.70. The molecule has 0 aromatic heterocycles. The van der Waals surface area contributed by atoms with Crippen molar-refractivity contribution in [1.29, 1.82) is 0 Å². The maximum absolute atomic E-state index is 12.7. The molecule has 1 aromatic carbocycles. The van der Waals surface area contributed by atoms with E-state index in [1.54, 1.807) is 7.05 Å². The molecule has 1 aliphatic rings. The first-order valence-corrected chi connectivity index (χ1v) is 10.3. The third kappa shape index (κ3) is 6.70. The molecule has 0 unspecified atom stereocenters. The van der Waals surface area contributed by atoms with Crippen molar-refractivity contribution in [3.05, 3.63) is 41.6 Å². The van der Waals surface area contributed by atoms with Gasteiger partial charge >= 0.3 is 6.09 Å². The molecule has 1 aliphatic heterocycles. The molecular formula is C23H35N3O2. The minimum atomic E-state index is -0.468. The molecule has 1 heterocycles. The van der Waals surface area contributed by atoms with Crippen molar-refractivity contribution in [2.45, 2.75) is 65.0 Å².